The molecule has 0 spiro atoms. The van der Waals surface area contributed by atoms with Gasteiger partial charge in [0.05, 0.1) is 0 Å². The molecule has 0 heterocycles. The molecule has 3 nitrogen and oxygen atoms in total. The lowest BCUT2D eigenvalue weighted by atomic mass is 10.2. The van der Waals surface area contributed by atoms with E-state index in [1.807, 2.05) is 0 Å². The summed E-state index contributed by atoms with van der Waals surface area (Å²) >= 11 is 0. The van der Waals surface area contributed by atoms with Gasteiger partial charge >= 0.3 is 0 Å². The van der Waals surface area contributed by atoms with E-state index < -0.39 is 0 Å². The van der Waals surface area contributed by atoms with E-state index in [1.165, 1.54) is 168 Å². The van der Waals surface area contributed by atoms with Crippen LogP contribution in [-0.2, 0) is 0 Å². The third-order valence-corrected chi connectivity index (χ3v) is 7.29. The van der Waals surface area contributed by atoms with E-state index in [0.29, 0.717) is 0 Å². The van der Waals surface area contributed by atoms with Crippen molar-refractivity contribution >= 4 is 0 Å². The maximum absolute atomic E-state index is 2.81. The van der Waals surface area contributed by atoms with Crippen LogP contribution >= 0.6 is 0 Å². The van der Waals surface area contributed by atoms with Gasteiger partial charge in [0, 0.05) is 0 Å². The molecule has 0 aliphatic carbocycles. The fourth-order valence-corrected chi connectivity index (χ4v) is 4.97. The standard InChI is InChI=1S/C31H67N3/c1-6-11-16-23-32(24-17-12-7-2)28-21-30-34(27-20-15-10-5)31-22-29-33(25-18-13-8-3)26-19-14-9-4/h6-31H2,1-5H3. The van der Waals surface area contributed by atoms with E-state index in [4.69, 9.17) is 0 Å². The molecule has 0 fully saturated rings. The van der Waals surface area contributed by atoms with Crippen molar-refractivity contribution in [1.82, 2.24) is 14.7 Å². The van der Waals surface area contributed by atoms with Crippen molar-refractivity contribution in [3.05, 3.63) is 0 Å². The number of hydrogen-bond donors (Lipinski definition) is 0. The van der Waals surface area contributed by atoms with E-state index in [0.717, 1.165) is 0 Å². The Morgan fingerprint density at radius 1 is 0.235 bits per heavy atom. The fourth-order valence-electron chi connectivity index (χ4n) is 4.97. The minimum absolute atomic E-state index is 1.30. The van der Waals surface area contributed by atoms with Gasteiger partial charge in [-0.1, -0.05) is 98.8 Å². The molecule has 0 aliphatic heterocycles. The van der Waals surface area contributed by atoms with Crippen LogP contribution in [0.1, 0.15) is 144 Å². The summed E-state index contributed by atoms with van der Waals surface area (Å²) in [7, 11) is 0. The molecule has 0 amide bonds. The molecule has 0 unspecified atom stereocenters. The predicted molar refractivity (Wildman–Crippen MR) is 156 cm³/mol. The Morgan fingerprint density at radius 2 is 0.412 bits per heavy atom. The zero-order chi connectivity index (χ0) is 25.1. The van der Waals surface area contributed by atoms with Gasteiger partial charge < -0.3 is 14.7 Å². The van der Waals surface area contributed by atoms with Crippen molar-refractivity contribution < 1.29 is 0 Å². The molecule has 0 radical (unpaired) electrons. The number of unbranched alkanes of at least 4 members (excludes halogenated alkanes) is 10. The van der Waals surface area contributed by atoms with Gasteiger partial charge in [0.25, 0.3) is 0 Å². The molecule has 0 bridgehead atoms. The maximum Gasteiger partial charge on any atom is -0.000654 e. The lowest BCUT2D eigenvalue weighted by Gasteiger charge is -2.28. The molecule has 0 aliphatic rings. The summed E-state index contributed by atoms with van der Waals surface area (Å²) in [5.41, 5.74) is 0. The van der Waals surface area contributed by atoms with Crippen molar-refractivity contribution in [2.75, 3.05) is 58.9 Å². The highest BCUT2D eigenvalue weighted by Crippen LogP contribution is 2.08. The van der Waals surface area contributed by atoms with Crippen LogP contribution < -0.4 is 0 Å². The van der Waals surface area contributed by atoms with Crippen molar-refractivity contribution in [2.24, 2.45) is 0 Å². The van der Waals surface area contributed by atoms with E-state index in [1.54, 1.807) is 0 Å². The van der Waals surface area contributed by atoms with Gasteiger partial charge in [0.1, 0.15) is 0 Å². The Labute approximate surface area is 217 Å². The molecule has 0 aromatic carbocycles. The van der Waals surface area contributed by atoms with Crippen molar-refractivity contribution in [3.8, 4) is 0 Å². The number of hydrogen-bond acceptors (Lipinski definition) is 3. The summed E-state index contributed by atoms with van der Waals surface area (Å²) in [6, 6.07) is 0. The molecular weight excluding hydrogens is 414 g/mol. The molecule has 34 heavy (non-hydrogen) atoms. The van der Waals surface area contributed by atoms with E-state index in [-0.39, 0.29) is 0 Å². The second kappa shape index (κ2) is 27.5. The highest BCUT2D eigenvalue weighted by Gasteiger charge is 2.10. The maximum atomic E-state index is 2.81. The molecule has 0 N–H and O–H groups in total. The molecule has 206 valence electrons. The largest absolute Gasteiger partial charge is 0.303 e. The first-order valence-corrected chi connectivity index (χ1v) is 15.9. The SMILES string of the molecule is CCCCCN(CCCCC)CCCN(CCCCC)CCCN(CCCCC)CCCCC. The zero-order valence-corrected chi connectivity index (χ0v) is 24.7. The van der Waals surface area contributed by atoms with Crippen molar-refractivity contribution in [2.45, 2.75) is 144 Å². The average Bonchev–Trinajstić information content (AvgIpc) is 2.83. The third kappa shape index (κ3) is 22.4. The molecule has 0 saturated carbocycles. The van der Waals surface area contributed by atoms with Crippen LogP contribution in [0.4, 0.5) is 0 Å². The van der Waals surface area contributed by atoms with Crippen LogP contribution in [0.5, 0.6) is 0 Å². The predicted octanol–water partition coefficient (Wildman–Crippen LogP) is 8.62. The monoisotopic (exact) mass is 482 g/mol. The van der Waals surface area contributed by atoms with Gasteiger partial charge in [0.2, 0.25) is 0 Å². The second-order valence-electron chi connectivity index (χ2n) is 10.8. The summed E-state index contributed by atoms with van der Waals surface area (Å²) < 4.78 is 0. The molecule has 0 aromatic heterocycles. The first-order chi connectivity index (χ1) is 16.7. The summed E-state index contributed by atoms with van der Waals surface area (Å²) in [4.78, 5) is 8.36. The van der Waals surface area contributed by atoms with Crippen LogP contribution in [0.2, 0.25) is 0 Å². The quantitative estimate of drug-likeness (QED) is 0.104. The van der Waals surface area contributed by atoms with Gasteiger partial charge in [-0.15, -0.1) is 0 Å². The van der Waals surface area contributed by atoms with E-state index in [2.05, 4.69) is 49.3 Å². The number of rotatable bonds is 28. The van der Waals surface area contributed by atoms with Gasteiger partial charge in [-0.3, -0.25) is 0 Å². The normalized spacial score (nSPS) is 12.0. The van der Waals surface area contributed by atoms with Gasteiger partial charge in [0.15, 0.2) is 0 Å². The Bertz CT molecular complexity index is 324. The van der Waals surface area contributed by atoms with Gasteiger partial charge in [-0.2, -0.15) is 0 Å². The molecule has 0 rings (SSSR count). The fraction of sp³-hybridized carbons (Fsp3) is 1.00. The average molecular weight is 482 g/mol. The van der Waals surface area contributed by atoms with Crippen LogP contribution in [0.15, 0.2) is 0 Å². The lowest BCUT2D eigenvalue weighted by Crippen LogP contribution is -2.34. The van der Waals surface area contributed by atoms with Gasteiger partial charge in [-0.05, 0) is 104 Å². The minimum Gasteiger partial charge on any atom is -0.303 e. The topological polar surface area (TPSA) is 9.72 Å². The Kier molecular flexibility index (Phi) is 27.4. The van der Waals surface area contributed by atoms with Crippen molar-refractivity contribution in [3.63, 3.8) is 0 Å². The minimum atomic E-state index is 1.30. The van der Waals surface area contributed by atoms with Gasteiger partial charge in [-0.25, -0.2) is 0 Å². The van der Waals surface area contributed by atoms with Crippen LogP contribution in [0, 0.1) is 0 Å². The van der Waals surface area contributed by atoms with E-state index in [9.17, 15) is 0 Å². The molecule has 0 aromatic rings. The van der Waals surface area contributed by atoms with Crippen LogP contribution in [-0.4, -0.2) is 73.6 Å². The summed E-state index contributed by atoms with van der Waals surface area (Å²) in [6.07, 6.45) is 23.2. The van der Waals surface area contributed by atoms with E-state index >= 15 is 0 Å². The summed E-state index contributed by atoms with van der Waals surface area (Å²) in [5.74, 6) is 0. The molecule has 0 atom stereocenters. The Hall–Kier alpha value is -0.120. The van der Waals surface area contributed by atoms with Crippen molar-refractivity contribution in [1.29, 1.82) is 0 Å². The lowest BCUT2D eigenvalue weighted by molar-refractivity contribution is 0.200. The highest BCUT2D eigenvalue weighted by molar-refractivity contribution is 4.66. The summed E-state index contributed by atoms with van der Waals surface area (Å²) in [5, 5.41) is 0. The number of nitrogens with zero attached hydrogens (tertiary/aromatic N) is 3. The summed E-state index contributed by atoms with van der Waals surface area (Å²) in [6.45, 7) is 23.4. The Balaban J connectivity index is 4.53. The third-order valence-electron chi connectivity index (χ3n) is 7.29. The van der Waals surface area contributed by atoms with Crippen LogP contribution in [0.3, 0.4) is 0 Å². The molecule has 3 heteroatoms. The Morgan fingerprint density at radius 3 is 0.588 bits per heavy atom. The second-order valence-corrected chi connectivity index (χ2v) is 10.8. The smallest absolute Gasteiger partial charge is 0.000654 e. The highest BCUT2D eigenvalue weighted by atomic mass is 15.2. The van der Waals surface area contributed by atoms with Crippen LogP contribution in [0.25, 0.3) is 0 Å². The molecule has 0 saturated heterocycles. The molecular formula is C31H67N3. The first-order valence-electron chi connectivity index (χ1n) is 15.9. The zero-order valence-electron chi connectivity index (χ0n) is 24.7. The first kappa shape index (κ1) is 33.9.